The Bertz CT molecular complexity index is 874. The Balaban J connectivity index is 1.49. The second kappa shape index (κ2) is 9.18. The second-order valence-corrected chi connectivity index (χ2v) is 7.23. The van der Waals surface area contributed by atoms with Gasteiger partial charge >= 0.3 is 17.8 Å². The minimum absolute atomic E-state index is 0.00389. The molecule has 144 valence electrons. The minimum atomic E-state index is -0.977. The molecule has 2 aromatic carbocycles. The van der Waals surface area contributed by atoms with Crippen LogP contribution in [-0.4, -0.2) is 52.4 Å². The number of rotatable bonds is 8. The molecule has 0 atom stereocenters. The lowest BCUT2D eigenvalue weighted by molar-refractivity contribution is -0.144. The highest BCUT2D eigenvalue weighted by Crippen LogP contribution is 2.17. The Kier molecular flexibility index (Phi) is 6.44. The van der Waals surface area contributed by atoms with Gasteiger partial charge in [-0.1, -0.05) is 48.5 Å². The van der Waals surface area contributed by atoms with Gasteiger partial charge in [0, 0.05) is 17.2 Å². The lowest BCUT2D eigenvalue weighted by atomic mass is 10.2. The molecular formula is C20H19N3O4S. The van der Waals surface area contributed by atoms with E-state index in [0.717, 1.165) is 15.4 Å². The molecule has 0 radical (unpaired) electrons. The highest BCUT2D eigenvalue weighted by Gasteiger charge is 2.45. The molecule has 0 aromatic heterocycles. The highest BCUT2D eigenvalue weighted by molar-refractivity contribution is 7.99. The molecule has 1 aliphatic heterocycles. The Morgan fingerprint density at radius 2 is 1.46 bits per heavy atom. The van der Waals surface area contributed by atoms with Gasteiger partial charge in [-0.2, -0.15) is 0 Å². The van der Waals surface area contributed by atoms with Crippen molar-refractivity contribution in [3.05, 3.63) is 66.2 Å². The van der Waals surface area contributed by atoms with E-state index >= 15 is 0 Å². The van der Waals surface area contributed by atoms with E-state index in [1.54, 1.807) is 36.0 Å². The summed E-state index contributed by atoms with van der Waals surface area (Å²) in [5.41, 5.74) is 0.723. The molecule has 0 unspecified atom stereocenters. The predicted octanol–water partition coefficient (Wildman–Crippen LogP) is 1.89. The average Bonchev–Trinajstić information content (AvgIpc) is 2.91. The Labute approximate surface area is 166 Å². The summed E-state index contributed by atoms with van der Waals surface area (Å²) in [7, 11) is 0. The number of urea groups is 1. The van der Waals surface area contributed by atoms with Gasteiger partial charge in [0.2, 0.25) is 5.91 Å². The summed E-state index contributed by atoms with van der Waals surface area (Å²) in [6, 6.07) is 17.9. The molecule has 1 N–H and O–H groups in total. The number of amides is 5. The quantitative estimate of drug-likeness (QED) is 0.318. The summed E-state index contributed by atoms with van der Waals surface area (Å²) in [5.74, 6) is -1.72. The van der Waals surface area contributed by atoms with Crippen molar-refractivity contribution < 1.29 is 19.2 Å². The summed E-state index contributed by atoms with van der Waals surface area (Å²) in [6.07, 6.45) is 0. The molecule has 7 nitrogen and oxygen atoms in total. The lowest BCUT2D eigenvalue weighted by Crippen LogP contribution is -2.41. The summed E-state index contributed by atoms with van der Waals surface area (Å²) in [6.45, 7) is -0.0862. The van der Waals surface area contributed by atoms with Gasteiger partial charge in [0.05, 0.1) is 6.54 Å². The highest BCUT2D eigenvalue weighted by atomic mass is 32.2. The van der Waals surface area contributed by atoms with Crippen molar-refractivity contribution in [3.63, 3.8) is 0 Å². The summed E-state index contributed by atoms with van der Waals surface area (Å²) in [4.78, 5) is 51.3. The van der Waals surface area contributed by atoms with Gasteiger partial charge in [-0.25, -0.2) is 9.69 Å². The van der Waals surface area contributed by atoms with Crippen LogP contribution in [0, 0.1) is 0 Å². The first-order chi connectivity index (χ1) is 13.6. The fraction of sp³-hybridized carbons (Fsp3) is 0.200. The lowest BCUT2D eigenvalue weighted by Gasteiger charge is -2.15. The van der Waals surface area contributed by atoms with Crippen molar-refractivity contribution >= 4 is 35.5 Å². The largest absolute Gasteiger partial charge is 0.354 e. The fourth-order valence-corrected chi connectivity index (χ4v) is 3.46. The van der Waals surface area contributed by atoms with Crippen LogP contribution in [0.3, 0.4) is 0 Å². The number of carbonyl (C=O) groups excluding carboxylic acids is 4. The third kappa shape index (κ3) is 4.77. The number of nitrogens with zero attached hydrogens (tertiary/aromatic N) is 2. The fourth-order valence-electron chi connectivity index (χ4n) is 2.67. The van der Waals surface area contributed by atoms with Crippen molar-refractivity contribution in [2.45, 2.75) is 11.4 Å². The van der Waals surface area contributed by atoms with Crippen molar-refractivity contribution in [1.82, 2.24) is 15.1 Å². The standard InChI is InChI=1S/C20H19N3O4S/c24-17(21-11-12-28-16-9-5-2-6-10-16)14-23-19(26)18(25)22(20(23)27)13-15-7-3-1-4-8-15/h1-10H,11-14H2,(H,21,24). The van der Waals surface area contributed by atoms with E-state index < -0.39 is 30.3 Å². The van der Waals surface area contributed by atoms with Crippen LogP contribution in [0.4, 0.5) is 4.79 Å². The van der Waals surface area contributed by atoms with E-state index in [1.165, 1.54) is 0 Å². The maximum absolute atomic E-state index is 12.4. The number of hydrogen-bond acceptors (Lipinski definition) is 5. The van der Waals surface area contributed by atoms with Gasteiger partial charge in [-0.15, -0.1) is 11.8 Å². The van der Waals surface area contributed by atoms with Crippen LogP contribution in [0.1, 0.15) is 5.56 Å². The first-order valence-corrected chi connectivity index (χ1v) is 9.70. The number of hydrogen-bond donors (Lipinski definition) is 1. The maximum Gasteiger partial charge on any atom is 0.335 e. The molecule has 28 heavy (non-hydrogen) atoms. The van der Waals surface area contributed by atoms with E-state index in [1.807, 2.05) is 36.4 Å². The van der Waals surface area contributed by atoms with Crippen LogP contribution >= 0.6 is 11.8 Å². The Morgan fingerprint density at radius 3 is 2.14 bits per heavy atom. The van der Waals surface area contributed by atoms with Gasteiger partial charge < -0.3 is 5.32 Å². The van der Waals surface area contributed by atoms with Crippen LogP contribution in [0.15, 0.2) is 65.6 Å². The predicted molar refractivity (Wildman–Crippen MR) is 104 cm³/mol. The van der Waals surface area contributed by atoms with Crippen molar-refractivity contribution in [2.75, 3.05) is 18.8 Å². The van der Waals surface area contributed by atoms with Crippen molar-refractivity contribution in [1.29, 1.82) is 0 Å². The van der Waals surface area contributed by atoms with Gasteiger partial charge in [-0.05, 0) is 17.7 Å². The van der Waals surface area contributed by atoms with E-state index in [2.05, 4.69) is 5.32 Å². The van der Waals surface area contributed by atoms with Crippen LogP contribution in [0.25, 0.3) is 0 Å². The zero-order valence-corrected chi connectivity index (χ0v) is 15.9. The second-order valence-electron chi connectivity index (χ2n) is 6.06. The third-order valence-corrected chi connectivity index (χ3v) is 5.07. The monoisotopic (exact) mass is 397 g/mol. The smallest absolute Gasteiger partial charge is 0.335 e. The Hall–Kier alpha value is -3.13. The van der Waals surface area contributed by atoms with E-state index in [0.29, 0.717) is 17.2 Å². The molecule has 1 heterocycles. The first-order valence-electron chi connectivity index (χ1n) is 8.72. The third-order valence-electron chi connectivity index (χ3n) is 4.06. The van der Waals surface area contributed by atoms with E-state index in [9.17, 15) is 19.2 Å². The van der Waals surface area contributed by atoms with E-state index in [-0.39, 0.29) is 6.54 Å². The molecule has 2 aromatic rings. The molecule has 0 saturated carbocycles. The normalized spacial score (nSPS) is 13.9. The maximum atomic E-state index is 12.4. The molecule has 1 fully saturated rings. The van der Waals surface area contributed by atoms with Gasteiger partial charge in [0.25, 0.3) is 0 Å². The molecule has 0 spiro atoms. The number of benzene rings is 2. The van der Waals surface area contributed by atoms with Crippen molar-refractivity contribution in [2.24, 2.45) is 0 Å². The molecule has 0 aliphatic carbocycles. The van der Waals surface area contributed by atoms with Crippen molar-refractivity contribution in [3.8, 4) is 0 Å². The summed E-state index contributed by atoms with van der Waals surface area (Å²) >= 11 is 1.58. The minimum Gasteiger partial charge on any atom is -0.354 e. The molecule has 1 saturated heterocycles. The molecule has 0 bridgehead atoms. The van der Waals surface area contributed by atoms with Gasteiger partial charge in [-0.3, -0.25) is 19.3 Å². The molecule has 8 heteroatoms. The first kappa shape index (κ1) is 19.6. The topological polar surface area (TPSA) is 86.8 Å². The number of imide groups is 2. The Morgan fingerprint density at radius 1 is 0.857 bits per heavy atom. The van der Waals surface area contributed by atoms with E-state index in [4.69, 9.17) is 0 Å². The molecule has 1 aliphatic rings. The number of thioether (sulfide) groups is 1. The average molecular weight is 397 g/mol. The summed E-state index contributed by atoms with van der Waals surface area (Å²) in [5, 5.41) is 2.66. The molecule has 5 amide bonds. The van der Waals surface area contributed by atoms with Crippen LogP contribution in [0.5, 0.6) is 0 Å². The zero-order valence-electron chi connectivity index (χ0n) is 15.0. The van der Waals surface area contributed by atoms with Crippen LogP contribution in [0.2, 0.25) is 0 Å². The van der Waals surface area contributed by atoms with Gasteiger partial charge in [0.15, 0.2) is 0 Å². The SMILES string of the molecule is O=C(CN1C(=O)C(=O)N(Cc2ccccc2)C1=O)NCCSc1ccccc1. The van der Waals surface area contributed by atoms with Crippen LogP contribution < -0.4 is 5.32 Å². The van der Waals surface area contributed by atoms with Crippen LogP contribution in [-0.2, 0) is 20.9 Å². The number of carbonyl (C=O) groups is 4. The number of nitrogens with one attached hydrogen (secondary N) is 1. The zero-order chi connectivity index (χ0) is 19.9. The van der Waals surface area contributed by atoms with Gasteiger partial charge in [0.1, 0.15) is 6.54 Å². The summed E-state index contributed by atoms with van der Waals surface area (Å²) < 4.78 is 0. The molecular weight excluding hydrogens is 378 g/mol. The molecule has 3 rings (SSSR count).